The molecule has 3 aromatic rings. The molecule has 0 saturated carbocycles. The number of ether oxygens (including phenoxy) is 1. The molecule has 1 fully saturated rings. The van der Waals surface area contributed by atoms with E-state index in [1.807, 2.05) is 58.0 Å². The van der Waals surface area contributed by atoms with E-state index in [4.69, 9.17) is 9.15 Å². The molecule has 4 rings (SSSR count). The first-order valence-electron chi connectivity index (χ1n) is 11.5. The van der Waals surface area contributed by atoms with Crippen molar-refractivity contribution in [2.75, 3.05) is 6.61 Å². The van der Waals surface area contributed by atoms with Gasteiger partial charge in [-0.2, -0.15) is 0 Å². The molecular weight excluding hydrogens is 430 g/mol. The van der Waals surface area contributed by atoms with Crippen molar-refractivity contribution in [1.29, 1.82) is 0 Å². The largest absolute Gasteiger partial charge is 0.507 e. The van der Waals surface area contributed by atoms with Gasteiger partial charge in [0.1, 0.15) is 17.3 Å². The molecule has 1 amide bonds. The van der Waals surface area contributed by atoms with Crippen molar-refractivity contribution in [3.63, 3.8) is 0 Å². The summed E-state index contributed by atoms with van der Waals surface area (Å²) < 4.78 is 11.2. The molecule has 6 heteroatoms. The van der Waals surface area contributed by atoms with Gasteiger partial charge in [-0.1, -0.05) is 43.7 Å². The second-order valence-electron chi connectivity index (χ2n) is 8.76. The van der Waals surface area contributed by atoms with Crippen LogP contribution in [0.3, 0.4) is 0 Å². The summed E-state index contributed by atoms with van der Waals surface area (Å²) in [5.41, 5.74) is 3.20. The lowest BCUT2D eigenvalue weighted by Gasteiger charge is -2.25. The van der Waals surface area contributed by atoms with Gasteiger partial charge in [-0.15, -0.1) is 0 Å². The highest BCUT2D eigenvalue weighted by Gasteiger charge is 2.46. The van der Waals surface area contributed by atoms with Crippen LogP contribution in [0.25, 0.3) is 5.76 Å². The first-order valence-corrected chi connectivity index (χ1v) is 11.5. The van der Waals surface area contributed by atoms with Gasteiger partial charge in [-0.3, -0.25) is 9.59 Å². The molecule has 0 spiro atoms. The zero-order valence-corrected chi connectivity index (χ0v) is 19.9. The fraction of sp³-hybridized carbons (Fsp3) is 0.286. The van der Waals surface area contributed by atoms with Gasteiger partial charge in [0.2, 0.25) is 0 Å². The topological polar surface area (TPSA) is 80.0 Å². The van der Waals surface area contributed by atoms with Gasteiger partial charge in [0, 0.05) is 5.56 Å². The van der Waals surface area contributed by atoms with Crippen LogP contribution in [0.1, 0.15) is 60.7 Å². The number of ketones is 1. The predicted octanol–water partition coefficient (Wildman–Crippen LogP) is 5.73. The van der Waals surface area contributed by atoms with Crippen LogP contribution < -0.4 is 4.74 Å². The monoisotopic (exact) mass is 459 g/mol. The Labute approximate surface area is 199 Å². The molecular formula is C28H29NO5. The van der Waals surface area contributed by atoms with Gasteiger partial charge in [0.15, 0.2) is 0 Å². The van der Waals surface area contributed by atoms with Crippen LogP contribution in [0.15, 0.2) is 70.9 Å². The molecule has 34 heavy (non-hydrogen) atoms. The molecule has 0 bridgehead atoms. The van der Waals surface area contributed by atoms with E-state index in [2.05, 4.69) is 0 Å². The number of hydrogen-bond donors (Lipinski definition) is 1. The Morgan fingerprint density at radius 1 is 1.12 bits per heavy atom. The fourth-order valence-corrected chi connectivity index (χ4v) is 4.39. The summed E-state index contributed by atoms with van der Waals surface area (Å²) in [6, 6.07) is 15.7. The number of hydrogen-bond acceptors (Lipinski definition) is 5. The zero-order chi connectivity index (χ0) is 24.4. The average Bonchev–Trinajstić information content (AvgIpc) is 3.41. The number of aliphatic hydroxyl groups is 1. The second-order valence-corrected chi connectivity index (χ2v) is 8.76. The minimum absolute atomic E-state index is 0.0704. The molecule has 0 aliphatic carbocycles. The third-order valence-electron chi connectivity index (χ3n) is 6.01. The number of aryl methyl sites for hydroxylation is 1. The number of furan rings is 1. The quantitative estimate of drug-likeness (QED) is 0.277. The van der Waals surface area contributed by atoms with Gasteiger partial charge >= 0.3 is 0 Å². The number of carbonyl (C=O) groups is 2. The first-order chi connectivity index (χ1) is 16.3. The van der Waals surface area contributed by atoms with E-state index < -0.39 is 17.7 Å². The Hall–Kier alpha value is -3.80. The van der Waals surface area contributed by atoms with Gasteiger partial charge < -0.3 is 19.2 Å². The number of Topliss-reactive ketones (excluding diaryl/α,β-unsaturated/α-hetero) is 1. The van der Waals surface area contributed by atoms with Crippen LogP contribution >= 0.6 is 0 Å². The summed E-state index contributed by atoms with van der Waals surface area (Å²) in [6.07, 6.45) is 1.53. The van der Waals surface area contributed by atoms with Crippen LogP contribution in [0.5, 0.6) is 5.75 Å². The van der Waals surface area contributed by atoms with Crippen molar-refractivity contribution < 1.29 is 23.8 Å². The lowest BCUT2D eigenvalue weighted by Crippen LogP contribution is -2.29. The molecule has 0 radical (unpaired) electrons. The third-order valence-corrected chi connectivity index (χ3v) is 6.01. The van der Waals surface area contributed by atoms with Crippen molar-refractivity contribution in [3.05, 3.63) is 94.4 Å². The summed E-state index contributed by atoms with van der Waals surface area (Å²) in [5, 5.41) is 11.4. The normalized spacial score (nSPS) is 17.6. The van der Waals surface area contributed by atoms with E-state index in [-0.39, 0.29) is 23.8 Å². The fourth-order valence-electron chi connectivity index (χ4n) is 4.39. The van der Waals surface area contributed by atoms with E-state index in [1.54, 1.807) is 24.3 Å². The minimum Gasteiger partial charge on any atom is -0.507 e. The van der Waals surface area contributed by atoms with Crippen LogP contribution in [0, 0.1) is 6.92 Å². The first kappa shape index (κ1) is 23.4. The molecule has 2 heterocycles. The summed E-state index contributed by atoms with van der Waals surface area (Å²) in [7, 11) is 0. The SMILES string of the molecule is CCOc1ccc(/C(O)=C2/C(=O)C(=O)N(Cc3ccco3)C2c2cccc(C)c2)cc1C(C)C. The molecule has 176 valence electrons. The Morgan fingerprint density at radius 2 is 1.91 bits per heavy atom. The van der Waals surface area contributed by atoms with Crippen LogP contribution in [-0.2, 0) is 16.1 Å². The van der Waals surface area contributed by atoms with Crippen molar-refractivity contribution >= 4 is 17.4 Å². The van der Waals surface area contributed by atoms with E-state index in [0.29, 0.717) is 17.9 Å². The van der Waals surface area contributed by atoms with Gasteiger partial charge in [-0.25, -0.2) is 0 Å². The molecule has 6 nitrogen and oxygen atoms in total. The van der Waals surface area contributed by atoms with Crippen molar-refractivity contribution in [1.82, 2.24) is 4.90 Å². The van der Waals surface area contributed by atoms with E-state index >= 15 is 0 Å². The van der Waals surface area contributed by atoms with E-state index in [1.165, 1.54) is 11.2 Å². The van der Waals surface area contributed by atoms with Crippen molar-refractivity contribution in [3.8, 4) is 5.75 Å². The van der Waals surface area contributed by atoms with E-state index in [0.717, 1.165) is 22.4 Å². The lowest BCUT2D eigenvalue weighted by molar-refractivity contribution is -0.140. The van der Waals surface area contributed by atoms with Gasteiger partial charge in [0.25, 0.3) is 11.7 Å². The summed E-state index contributed by atoms with van der Waals surface area (Å²) in [6.45, 7) is 8.58. The summed E-state index contributed by atoms with van der Waals surface area (Å²) in [5.74, 6) is -0.139. The predicted molar refractivity (Wildman–Crippen MR) is 129 cm³/mol. The Balaban J connectivity index is 1.87. The molecule has 1 atom stereocenters. The molecule has 1 unspecified atom stereocenters. The number of carbonyl (C=O) groups excluding carboxylic acids is 2. The maximum absolute atomic E-state index is 13.3. The number of amides is 1. The number of benzene rings is 2. The van der Waals surface area contributed by atoms with E-state index in [9.17, 15) is 14.7 Å². The zero-order valence-electron chi connectivity index (χ0n) is 19.9. The average molecular weight is 460 g/mol. The molecule has 1 aromatic heterocycles. The second kappa shape index (κ2) is 9.59. The molecule has 1 saturated heterocycles. The van der Waals surface area contributed by atoms with Crippen LogP contribution in [0.2, 0.25) is 0 Å². The molecule has 1 N–H and O–H groups in total. The minimum atomic E-state index is -0.737. The standard InChI is InChI=1S/C28H29NO5/c1-5-33-23-12-11-20(15-22(23)17(2)3)26(30)24-25(19-9-6-8-18(4)14-19)29(28(32)27(24)31)16-21-10-7-13-34-21/h6-15,17,25,30H,5,16H2,1-4H3/b26-24-. The number of rotatable bonds is 7. The lowest BCUT2D eigenvalue weighted by atomic mass is 9.92. The van der Waals surface area contributed by atoms with Crippen molar-refractivity contribution in [2.24, 2.45) is 0 Å². The Bertz CT molecular complexity index is 1240. The van der Waals surface area contributed by atoms with Crippen molar-refractivity contribution in [2.45, 2.75) is 46.2 Å². The third kappa shape index (κ3) is 4.36. The van der Waals surface area contributed by atoms with Gasteiger partial charge in [-0.05, 0) is 61.2 Å². The van der Waals surface area contributed by atoms with Crippen LogP contribution in [0.4, 0.5) is 0 Å². The molecule has 1 aliphatic rings. The Kier molecular flexibility index (Phi) is 6.59. The highest BCUT2D eigenvalue weighted by atomic mass is 16.5. The summed E-state index contributed by atoms with van der Waals surface area (Å²) in [4.78, 5) is 27.8. The molecule has 1 aliphatic heterocycles. The number of likely N-dealkylation sites (tertiary alicyclic amines) is 1. The molecule has 2 aromatic carbocycles. The number of aliphatic hydroxyl groups excluding tert-OH is 1. The summed E-state index contributed by atoms with van der Waals surface area (Å²) >= 11 is 0. The van der Waals surface area contributed by atoms with Crippen LogP contribution in [-0.4, -0.2) is 28.3 Å². The smallest absolute Gasteiger partial charge is 0.296 e. The number of nitrogens with zero attached hydrogens (tertiary/aromatic N) is 1. The maximum atomic E-state index is 13.3. The van der Waals surface area contributed by atoms with Gasteiger partial charge in [0.05, 0.1) is 31.0 Å². The Morgan fingerprint density at radius 3 is 2.56 bits per heavy atom. The maximum Gasteiger partial charge on any atom is 0.296 e. The highest BCUT2D eigenvalue weighted by molar-refractivity contribution is 6.46. The highest BCUT2D eigenvalue weighted by Crippen LogP contribution is 2.41.